The Bertz CT molecular complexity index is 129. The number of aliphatic hydroxyl groups excluding tert-OH is 1. The van der Waals surface area contributed by atoms with E-state index in [1.54, 1.807) is 0 Å². The Labute approximate surface area is 69.8 Å². The lowest BCUT2D eigenvalue weighted by Crippen LogP contribution is -2.26. The molecule has 0 bridgehead atoms. The maximum absolute atomic E-state index is 9.14. The Kier molecular flexibility index (Phi) is 2.58. The molecule has 1 heteroatoms. The molecule has 0 radical (unpaired) electrons. The van der Waals surface area contributed by atoms with Crippen molar-refractivity contribution >= 4 is 0 Å². The molecule has 1 nitrogen and oxygen atoms in total. The van der Waals surface area contributed by atoms with Crippen LogP contribution in [0.5, 0.6) is 0 Å². The fourth-order valence-electron chi connectivity index (χ4n) is 2.05. The first-order chi connectivity index (χ1) is 5.06. The molecule has 11 heavy (non-hydrogen) atoms. The summed E-state index contributed by atoms with van der Waals surface area (Å²) < 4.78 is 0. The third-order valence-corrected chi connectivity index (χ3v) is 3.21. The predicted molar refractivity (Wildman–Crippen MR) is 47.4 cm³/mol. The van der Waals surface area contributed by atoms with Crippen molar-refractivity contribution in [1.82, 2.24) is 0 Å². The molecule has 1 N–H and O–H groups in total. The molecule has 2 unspecified atom stereocenters. The highest BCUT2D eigenvalue weighted by Gasteiger charge is 2.33. The maximum atomic E-state index is 9.14. The summed E-state index contributed by atoms with van der Waals surface area (Å²) in [5, 5.41) is 9.14. The van der Waals surface area contributed by atoms with Crippen molar-refractivity contribution in [2.45, 2.75) is 40.0 Å². The van der Waals surface area contributed by atoms with E-state index in [9.17, 15) is 0 Å². The van der Waals surface area contributed by atoms with E-state index in [2.05, 4.69) is 20.8 Å². The summed E-state index contributed by atoms with van der Waals surface area (Å²) in [6.07, 6.45) is 3.98. The Morgan fingerprint density at radius 3 is 2.36 bits per heavy atom. The van der Waals surface area contributed by atoms with E-state index in [-0.39, 0.29) is 5.41 Å². The van der Waals surface area contributed by atoms with Crippen LogP contribution in [-0.2, 0) is 0 Å². The highest BCUT2D eigenvalue weighted by molar-refractivity contribution is 4.83. The predicted octanol–water partition coefficient (Wildman–Crippen LogP) is 2.44. The summed E-state index contributed by atoms with van der Waals surface area (Å²) in [5.74, 6) is 1.63. The third-order valence-electron chi connectivity index (χ3n) is 3.21. The summed E-state index contributed by atoms with van der Waals surface area (Å²) in [6.45, 7) is 7.00. The Hall–Kier alpha value is -0.0400. The van der Waals surface area contributed by atoms with Crippen molar-refractivity contribution in [2.24, 2.45) is 17.3 Å². The van der Waals surface area contributed by atoms with Gasteiger partial charge in [0.25, 0.3) is 0 Å². The second-order valence-electron chi connectivity index (χ2n) is 4.76. The summed E-state index contributed by atoms with van der Waals surface area (Å²) in [6, 6.07) is 0. The summed E-state index contributed by atoms with van der Waals surface area (Å²) in [7, 11) is 0. The molecule has 1 rings (SSSR count). The third kappa shape index (κ3) is 1.96. The first-order valence-corrected chi connectivity index (χ1v) is 4.67. The van der Waals surface area contributed by atoms with Gasteiger partial charge in [-0.1, -0.05) is 27.2 Å². The summed E-state index contributed by atoms with van der Waals surface area (Å²) in [5.41, 5.74) is 0.158. The molecular weight excluding hydrogens is 136 g/mol. The molecule has 0 aliphatic heterocycles. The van der Waals surface area contributed by atoms with Gasteiger partial charge in [0, 0.05) is 6.61 Å². The average molecular weight is 156 g/mol. The van der Waals surface area contributed by atoms with Gasteiger partial charge in [-0.3, -0.25) is 0 Å². The van der Waals surface area contributed by atoms with E-state index in [1.165, 1.54) is 19.3 Å². The van der Waals surface area contributed by atoms with Crippen molar-refractivity contribution in [2.75, 3.05) is 6.61 Å². The standard InChI is InChI=1S/C10H20O/c1-8-4-5-9(6-8)10(2,3)7-11/h8-9,11H,4-7H2,1-3H3. The van der Waals surface area contributed by atoms with Crippen LogP contribution in [-0.4, -0.2) is 11.7 Å². The number of hydrogen-bond donors (Lipinski definition) is 1. The molecule has 0 spiro atoms. The van der Waals surface area contributed by atoms with Gasteiger partial charge in [-0.25, -0.2) is 0 Å². The molecular formula is C10H20O. The molecule has 0 heterocycles. The van der Waals surface area contributed by atoms with Crippen LogP contribution in [0.15, 0.2) is 0 Å². The molecule has 0 aromatic carbocycles. The van der Waals surface area contributed by atoms with Crippen molar-refractivity contribution in [3.63, 3.8) is 0 Å². The molecule has 0 amide bonds. The number of hydrogen-bond acceptors (Lipinski definition) is 1. The molecule has 1 saturated carbocycles. The lowest BCUT2D eigenvalue weighted by molar-refractivity contribution is 0.0970. The fourth-order valence-corrected chi connectivity index (χ4v) is 2.05. The number of aliphatic hydroxyl groups is 1. The maximum Gasteiger partial charge on any atom is 0.0484 e. The quantitative estimate of drug-likeness (QED) is 0.651. The summed E-state index contributed by atoms with van der Waals surface area (Å²) in [4.78, 5) is 0. The average Bonchev–Trinajstić information content (AvgIpc) is 2.36. The van der Waals surface area contributed by atoms with Gasteiger partial charge in [0.15, 0.2) is 0 Å². The van der Waals surface area contributed by atoms with Gasteiger partial charge in [-0.15, -0.1) is 0 Å². The zero-order chi connectivity index (χ0) is 8.48. The molecule has 0 aromatic rings. The van der Waals surface area contributed by atoms with Crippen LogP contribution in [0.4, 0.5) is 0 Å². The van der Waals surface area contributed by atoms with Crippen LogP contribution >= 0.6 is 0 Å². The van der Waals surface area contributed by atoms with Crippen LogP contribution in [0.1, 0.15) is 40.0 Å². The lowest BCUT2D eigenvalue weighted by atomic mass is 9.78. The first kappa shape index (κ1) is 9.05. The van der Waals surface area contributed by atoms with Crippen LogP contribution in [0, 0.1) is 17.3 Å². The van der Waals surface area contributed by atoms with E-state index >= 15 is 0 Å². The second-order valence-corrected chi connectivity index (χ2v) is 4.76. The zero-order valence-electron chi connectivity index (χ0n) is 7.93. The largest absolute Gasteiger partial charge is 0.396 e. The molecule has 0 saturated heterocycles. The zero-order valence-corrected chi connectivity index (χ0v) is 7.93. The highest BCUT2D eigenvalue weighted by Crippen LogP contribution is 2.41. The Morgan fingerprint density at radius 1 is 1.36 bits per heavy atom. The van der Waals surface area contributed by atoms with E-state index < -0.39 is 0 Å². The molecule has 1 aliphatic carbocycles. The van der Waals surface area contributed by atoms with Gasteiger partial charge in [-0.2, -0.15) is 0 Å². The summed E-state index contributed by atoms with van der Waals surface area (Å²) >= 11 is 0. The van der Waals surface area contributed by atoms with Gasteiger partial charge in [-0.05, 0) is 30.1 Å². The van der Waals surface area contributed by atoms with Crippen LogP contribution in [0.2, 0.25) is 0 Å². The Morgan fingerprint density at radius 2 is 2.00 bits per heavy atom. The van der Waals surface area contributed by atoms with E-state index in [0.717, 1.165) is 11.8 Å². The highest BCUT2D eigenvalue weighted by atomic mass is 16.3. The second kappa shape index (κ2) is 3.14. The van der Waals surface area contributed by atoms with Crippen LogP contribution in [0.25, 0.3) is 0 Å². The molecule has 1 fully saturated rings. The minimum atomic E-state index is 0.158. The molecule has 2 atom stereocenters. The monoisotopic (exact) mass is 156 g/mol. The van der Waals surface area contributed by atoms with E-state index in [0.29, 0.717) is 6.61 Å². The smallest absolute Gasteiger partial charge is 0.0484 e. The lowest BCUT2D eigenvalue weighted by Gasteiger charge is -2.29. The van der Waals surface area contributed by atoms with Gasteiger partial charge in [0.1, 0.15) is 0 Å². The first-order valence-electron chi connectivity index (χ1n) is 4.67. The van der Waals surface area contributed by atoms with Crippen molar-refractivity contribution in [3.05, 3.63) is 0 Å². The van der Waals surface area contributed by atoms with Gasteiger partial charge < -0.3 is 5.11 Å². The fraction of sp³-hybridized carbons (Fsp3) is 1.00. The van der Waals surface area contributed by atoms with Crippen LogP contribution < -0.4 is 0 Å². The van der Waals surface area contributed by atoms with Crippen molar-refractivity contribution in [3.8, 4) is 0 Å². The van der Waals surface area contributed by atoms with E-state index in [1.807, 2.05) is 0 Å². The number of rotatable bonds is 2. The molecule has 1 aliphatic rings. The molecule has 66 valence electrons. The molecule has 0 aromatic heterocycles. The topological polar surface area (TPSA) is 20.2 Å². The normalized spacial score (nSPS) is 32.7. The minimum absolute atomic E-state index is 0.158. The van der Waals surface area contributed by atoms with Crippen molar-refractivity contribution in [1.29, 1.82) is 0 Å². The van der Waals surface area contributed by atoms with Crippen LogP contribution in [0.3, 0.4) is 0 Å². The van der Waals surface area contributed by atoms with Gasteiger partial charge in [0.2, 0.25) is 0 Å². The van der Waals surface area contributed by atoms with Crippen molar-refractivity contribution < 1.29 is 5.11 Å². The van der Waals surface area contributed by atoms with E-state index in [4.69, 9.17) is 5.11 Å². The SMILES string of the molecule is CC1CCC(C(C)(C)CO)C1. The minimum Gasteiger partial charge on any atom is -0.396 e. The Balaban J connectivity index is 2.48. The van der Waals surface area contributed by atoms with Gasteiger partial charge >= 0.3 is 0 Å². The van der Waals surface area contributed by atoms with Gasteiger partial charge in [0.05, 0.1) is 0 Å².